The fourth-order valence-corrected chi connectivity index (χ4v) is 10.4. The van der Waals surface area contributed by atoms with Crippen LogP contribution in [0.1, 0.15) is 72.3 Å². The number of methoxy groups -OCH3 is 2. The standard InChI is InChI=1S/2C9H12O.C8H9BrO2.C8H9IO2.C8H10O.C7H6Br2O.C7H7IO.C7H6N2O5/c1-6-4-9(10)5-7(2)8(6)3;1-6-4-7(2)9(10)8(3)5-6;2*1-5-3-6(9)8(10)7(4-5)11-2;1-6-3-4-8(9)7(2)5-6;1-4-2-5(8)7(10)6(9)3-4;1-5-2-3-7(9)6(8)4-5;1-4-2-5(8(11)12)7(10)6(3-4)9(13)14/h2*4-5,10H,1-3H3;2*3-4,10H,1-2H3;3-5,9H,1-2H3;2-3,10H,1H3;2-4,9H,1H3;2-3,10H,1H3. The number of phenols is 8. The van der Waals surface area contributed by atoms with Crippen molar-refractivity contribution in [1.29, 1.82) is 0 Å². The molecule has 0 amide bonds. The first-order chi connectivity index (χ1) is 38.9. The molecule has 0 saturated carbocycles. The number of hydrogen-bond acceptors (Lipinski definition) is 14. The van der Waals surface area contributed by atoms with E-state index >= 15 is 0 Å². The highest BCUT2D eigenvalue weighted by Crippen LogP contribution is 2.38. The average Bonchev–Trinajstić information content (AvgIpc) is 3.45. The Morgan fingerprint density at radius 1 is 0.369 bits per heavy atom. The number of phenolic OH excluding ortho intramolecular Hbond substituents is 8. The Bertz CT molecular complexity index is 3200. The molecule has 452 valence electrons. The summed E-state index contributed by atoms with van der Waals surface area (Å²) in [4.78, 5) is 19.0. The van der Waals surface area contributed by atoms with Crippen LogP contribution in [0, 0.1) is 117 Å². The summed E-state index contributed by atoms with van der Waals surface area (Å²) >= 11 is 13.8. The molecule has 0 radical (unpaired) electrons. The Balaban J connectivity index is 0.000000482. The zero-order valence-electron chi connectivity index (χ0n) is 49.2. The Kier molecular flexibility index (Phi) is 32.6. The van der Waals surface area contributed by atoms with Crippen LogP contribution >= 0.6 is 93.0 Å². The van der Waals surface area contributed by atoms with Gasteiger partial charge in [-0.05, 0) is 311 Å². The Morgan fingerprint density at radius 3 is 1.11 bits per heavy atom. The Labute approximate surface area is 543 Å². The number of nitro groups is 2. The van der Waals surface area contributed by atoms with Crippen LogP contribution < -0.4 is 9.47 Å². The van der Waals surface area contributed by atoms with Crippen molar-refractivity contribution >= 4 is 104 Å². The quantitative estimate of drug-likeness (QED) is 0.0463. The normalized spacial score (nSPS) is 9.76. The average molecular weight is 1570 g/mol. The highest BCUT2D eigenvalue weighted by Gasteiger charge is 2.25. The van der Waals surface area contributed by atoms with Crippen molar-refractivity contribution in [2.24, 2.45) is 0 Å². The summed E-state index contributed by atoms with van der Waals surface area (Å²) in [6, 6.07) is 31.8. The fourth-order valence-electron chi connectivity index (χ4n) is 7.03. The lowest BCUT2D eigenvalue weighted by molar-refractivity contribution is -0.396. The lowest BCUT2D eigenvalue weighted by Crippen LogP contribution is -1.95. The van der Waals surface area contributed by atoms with E-state index in [1.165, 1.54) is 36.3 Å². The molecule has 16 nitrogen and oxygen atoms in total. The molecule has 0 aliphatic carbocycles. The van der Waals surface area contributed by atoms with Crippen LogP contribution in [0.4, 0.5) is 11.4 Å². The summed E-state index contributed by atoms with van der Waals surface area (Å²) in [6.45, 7) is 25.2. The summed E-state index contributed by atoms with van der Waals surface area (Å²) in [7, 11) is 3.07. The molecule has 0 fully saturated rings. The molecule has 21 heteroatoms. The van der Waals surface area contributed by atoms with Crippen LogP contribution in [-0.2, 0) is 0 Å². The van der Waals surface area contributed by atoms with Gasteiger partial charge in [0, 0.05) is 12.1 Å². The maximum Gasteiger partial charge on any atom is 0.318 e. The summed E-state index contributed by atoms with van der Waals surface area (Å²) in [5.74, 6) is 2.27. The van der Waals surface area contributed by atoms with E-state index in [0.717, 1.165) is 72.7 Å². The molecule has 0 atom stereocenters. The molecule has 8 aromatic carbocycles. The highest BCUT2D eigenvalue weighted by atomic mass is 127. The molecular formula is C63H71Br3I2N2O14. The number of ether oxygens (including phenoxy) is 2. The summed E-state index contributed by atoms with van der Waals surface area (Å²) < 4.78 is 13.7. The minimum atomic E-state index is -0.911. The van der Waals surface area contributed by atoms with Gasteiger partial charge in [-0.3, -0.25) is 20.2 Å². The molecule has 0 aliphatic heterocycles. The predicted molar refractivity (Wildman–Crippen MR) is 361 cm³/mol. The van der Waals surface area contributed by atoms with Gasteiger partial charge in [-0.15, -0.1) is 0 Å². The van der Waals surface area contributed by atoms with Crippen molar-refractivity contribution in [3.63, 3.8) is 0 Å². The topological polar surface area (TPSA) is 267 Å². The van der Waals surface area contributed by atoms with Gasteiger partial charge in [0.05, 0.1) is 44.6 Å². The third kappa shape index (κ3) is 25.8. The molecule has 0 spiro atoms. The molecular weight excluding hydrogens is 1500 g/mol. The minimum Gasteiger partial charge on any atom is -0.508 e. The second-order valence-electron chi connectivity index (χ2n) is 19.0. The number of hydrogen-bond donors (Lipinski definition) is 8. The maximum atomic E-state index is 10.4. The van der Waals surface area contributed by atoms with Crippen molar-refractivity contribution < 1.29 is 60.2 Å². The van der Waals surface area contributed by atoms with Gasteiger partial charge in [0.25, 0.3) is 5.75 Å². The largest absolute Gasteiger partial charge is 0.508 e. The van der Waals surface area contributed by atoms with Crippen LogP contribution in [0.25, 0.3) is 0 Å². The van der Waals surface area contributed by atoms with E-state index in [0.29, 0.717) is 44.5 Å². The predicted octanol–water partition coefficient (Wildman–Crippen LogP) is 18.5. The molecule has 0 aliphatic rings. The van der Waals surface area contributed by atoms with Crippen molar-refractivity contribution in [2.45, 2.75) is 90.0 Å². The molecule has 8 N–H and O–H groups in total. The number of aryl methyl sites for hydroxylation is 12. The van der Waals surface area contributed by atoms with Gasteiger partial charge in [0.2, 0.25) is 0 Å². The van der Waals surface area contributed by atoms with Gasteiger partial charge in [-0.25, -0.2) is 0 Å². The van der Waals surface area contributed by atoms with Crippen LogP contribution in [0.2, 0.25) is 0 Å². The minimum absolute atomic E-state index is 0.151. The fraction of sp³-hybridized carbons (Fsp3) is 0.238. The van der Waals surface area contributed by atoms with Crippen LogP contribution in [-0.4, -0.2) is 64.9 Å². The maximum absolute atomic E-state index is 10.4. The molecule has 84 heavy (non-hydrogen) atoms. The van der Waals surface area contributed by atoms with Gasteiger partial charge < -0.3 is 50.3 Å². The number of aromatic hydroxyl groups is 8. The van der Waals surface area contributed by atoms with Crippen molar-refractivity contribution in [2.75, 3.05) is 14.2 Å². The molecule has 0 bridgehead atoms. The first kappa shape index (κ1) is 75.5. The Hall–Kier alpha value is -6.54. The third-order valence-corrected chi connectivity index (χ3v) is 15.1. The van der Waals surface area contributed by atoms with Gasteiger partial charge in [0.1, 0.15) is 28.7 Å². The van der Waals surface area contributed by atoms with Crippen LogP contribution in [0.15, 0.2) is 123 Å². The number of benzene rings is 8. The second-order valence-corrected chi connectivity index (χ2v) is 23.9. The van der Waals surface area contributed by atoms with Crippen molar-refractivity contribution in [3.8, 4) is 57.5 Å². The molecule has 8 aromatic rings. The number of nitrogens with zero attached hydrogens (tertiary/aromatic N) is 2. The second kappa shape index (κ2) is 36.3. The molecule has 0 aromatic heterocycles. The lowest BCUT2D eigenvalue weighted by atomic mass is 10.0. The smallest absolute Gasteiger partial charge is 0.318 e. The molecule has 0 heterocycles. The summed E-state index contributed by atoms with van der Waals surface area (Å²) in [6.07, 6.45) is 0. The molecule has 0 unspecified atom stereocenters. The van der Waals surface area contributed by atoms with E-state index in [2.05, 4.69) is 99.9 Å². The zero-order chi connectivity index (χ0) is 64.6. The van der Waals surface area contributed by atoms with Crippen LogP contribution in [0.3, 0.4) is 0 Å². The summed E-state index contributed by atoms with van der Waals surface area (Å²) in [5.41, 5.74) is 12.3. The molecule has 0 saturated heterocycles. The van der Waals surface area contributed by atoms with E-state index in [9.17, 15) is 45.8 Å². The Morgan fingerprint density at radius 2 is 0.714 bits per heavy atom. The number of halogens is 5. The monoisotopic (exact) mass is 1570 g/mol. The van der Waals surface area contributed by atoms with E-state index in [1.54, 1.807) is 43.5 Å². The van der Waals surface area contributed by atoms with Gasteiger partial charge in [-0.2, -0.15) is 0 Å². The van der Waals surface area contributed by atoms with Crippen LogP contribution in [0.5, 0.6) is 57.5 Å². The number of nitro benzene ring substituents is 2. The highest BCUT2D eigenvalue weighted by molar-refractivity contribution is 14.1. The zero-order valence-corrected chi connectivity index (χ0v) is 58.3. The first-order valence-corrected chi connectivity index (χ1v) is 29.6. The lowest BCUT2D eigenvalue weighted by Gasteiger charge is -2.05. The van der Waals surface area contributed by atoms with E-state index in [-0.39, 0.29) is 17.2 Å². The van der Waals surface area contributed by atoms with Crippen molar-refractivity contribution in [3.05, 3.63) is 222 Å². The SMILES string of the molecule is COc1cc(C)cc(Br)c1O.COc1cc(C)cc(I)c1O.Cc1cc(Br)c(O)c(Br)c1.Cc1cc(C)c(O)c(C)c1.Cc1cc(O)cc(C)c1C.Cc1cc([N+](=O)[O-])c(O)c([N+](=O)[O-])c1.Cc1ccc(O)c(C)c1.Cc1ccc(O)c(I)c1. The van der Waals surface area contributed by atoms with E-state index in [1.807, 2.05) is 137 Å². The van der Waals surface area contributed by atoms with Gasteiger partial charge >= 0.3 is 11.4 Å². The first-order valence-electron chi connectivity index (χ1n) is 25.0. The third-order valence-electron chi connectivity index (χ3n) is 11.6. The van der Waals surface area contributed by atoms with Crippen molar-refractivity contribution in [1.82, 2.24) is 0 Å². The van der Waals surface area contributed by atoms with E-state index < -0.39 is 27.0 Å². The molecule has 8 rings (SSSR count). The van der Waals surface area contributed by atoms with Gasteiger partial charge in [0.15, 0.2) is 23.0 Å². The number of rotatable bonds is 4. The van der Waals surface area contributed by atoms with E-state index in [4.69, 9.17) is 24.8 Å². The van der Waals surface area contributed by atoms with Gasteiger partial charge in [-0.1, -0.05) is 41.5 Å². The summed E-state index contributed by atoms with van der Waals surface area (Å²) in [5, 5.41) is 94.4.